The molecule has 0 atom stereocenters. The topological polar surface area (TPSA) is 25.8 Å². The Morgan fingerprint density at radius 1 is 0.255 bits per heavy atom. The van der Waals surface area contributed by atoms with Crippen molar-refractivity contribution in [2.24, 2.45) is 0 Å². The molecule has 2 heteroatoms. The van der Waals surface area contributed by atoms with Gasteiger partial charge in [-0.05, 0) is 171 Å². The van der Waals surface area contributed by atoms with Crippen LogP contribution in [0.2, 0.25) is 0 Å². The van der Waals surface area contributed by atoms with Crippen LogP contribution in [0.3, 0.4) is 0 Å². The van der Waals surface area contributed by atoms with Crippen LogP contribution in [0.15, 0.2) is 206 Å². The van der Waals surface area contributed by atoms with E-state index in [0.29, 0.717) is 0 Å². The maximum atomic E-state index is 5.58. The van der Waals surface area contributed by atoms with E-state index in [0.717, 1.165) is 46.7 Å². The molecule has 0 fully saturated rings. The van der Waals surface area contributed by atoms with Gasteiger partial charge in [0.1, 0.15) is 0 Å². The zero-order valence-corrected chi connectivity index (χ0v) is 60.5. The molecular weight excluding hydrogens is 1180 g/mol. The van der Waals surface area contributed by atoms with E-state index in [1.165, 1.54) is 262 Å². The van der Waals surface area contributed by atoms with E-state index in [1.54, 1.807) is 5.56 Å². The summed E-state index contributed by atoms with van der Waals surface area (Å²) in [6.45, 7) is 13.8. The number of aryl methyl sites for hydroxylation is 2. The lowest BCUT2D eigenvalue weighted by Crippen LogP contribution is -2.25. The molecule has 10 aromatic rings. The third-order valence-corrected chi connectivity index (χ3v) is 22.2. The molecule has 0 saturated heterocycles. The highest BCUT2D eigenvalue weighted by molar-refractivity contribution is 5.90. The third-order valence-electron chi connectivity index (χ3n) is 22.2. The zero-order chi connectivity index (χ0) is 67.5. The second-order valence-electron chi connectivity index (χ2n) is 29.4. The van der Waals surface area contributed by atoms with Crippen molar-refractivity contribution in [1.29, 1.82) is 0 Å². The average Bonchev–Trinajstić information content (AvgIpc) is 1.56. The maximum absolute atomic E-state index is 5.58. The van der Waals surface area contributed by atoms with Crippen LogP contribution in [-0.4, -0.2) is 9.97 Å². The van der Waals surface area contributed by atoms with Gasteiger partial charge in [0.15, 0.2) is 5.82 Å². The Labute approximate surface area is 591 Å². The van der Waals surface area contributed by atoms with E-state index in [-0.39, 0.29) is 10.8 Å². The van der Waals surface area contributed by atoms with E-state index >= 15 is 0 Å². The highest BCUT2D eigenvalue weighted by atomic mass is 14.9. The first-order chi connectivity index (χ1) is 48.2. The predicted molar refractivity (Wildman–Crippen MR) is 424 cm³/mol. The molecule has 1 heterocycles. The Morgan fingerprint density at radius 3 is 0.969 bits per heavy atom. The van der Waals surface area contributed by atoms with Crippen molar-refractivity contribution in [3.63, 3.8) is 0 Å². The van der Waals surface area contributed by atoms with Crippen molar-refractivity contribution in [3.05, 3.63) is 251 Å². The monoisotopic (exact) mass is 1290 g/mol. The fourth-order valence-electron chi connectivity index (χ4n) is 16.6. The standard InChI is InChI=1S/C96H110N2/c1-7-11-15-19-23-33-59-95(60-34-24-20-16-12-8-2)88-63-72(6)43-55-84(88)85-57-53-79(68-90(85)95)81-64-82(66-83(65-81)94-97-92(76-37-29-27-30-38-76)70-93(98-94)77-39-31-28-32-40-77)80-54-58-87-86-56-52-78(75-50-48-74(49-51-75)47-46-73-44-41-71(5)42-45-73)67-89(86)96(91(87)69-80,61-35-25-21-17-13-9-3)62-36-26-22-18-14-10-4/h27-32,37-58,63-70H,7-26,33-36,59-62H2,1-6H3/b47-46+. The van der Waals surface area contributed by atoms with Gasteiger partial charge in [-0.2, -0.15) is 0 Å². The molecule has 504 valence electrons. The molecule has 1 aromatic heterocycles. The van der Waals surface area contributed by atoms with Crippen molar-refractivity contribution in [2.75, 3.05) is 0 Å². The van der Waals surface area contributed by atoms with Gasteiger partial charge in [-0.3, -0.25) is 0 Å². The summed E-state index contributed by atoms with van der Waals surface area (Å²) in [5, 5.41) is 0. The highest BCUT2D eigenvalue weighted by Gasteiger charge is 2.44. The smallest absolute Gasteiger partial charge is 0.160 e. The minimum atomic E-state index is -0.135. The average molecular weight is 1290 g/mol. The fraction of sp³-hybridized carbons (Fsp3) is 0.375. The summed E-state index contributed by atoms with van der Waals surface area (Å²) in [4.78, 5) is 11.2. The minimum absolute atomic E-state index is 0.0484. The Balaban J connectivity index is 1.01. The molecule has 0 radical (unpaired) electrons. The minimum Gasteiger partial charge on any atom is -0.228 e. The van der Waals surface area contributed by atoms with E-state index in [2.05, 4.69) is 260 Å². The SMILES string of the molecule is CCCCCCCCC1(CCCCCCCC)c2cc(C)ccc2-c2ccc(-c3cc(-c4ccc5c(c4)C(CCCCCCCC)(CCCCCCCC)c4cc(-c6ccc(/C=C/c7ccc(C)cc7)cc6)ccc4-5)cc(-c4nc(-c5ccccc5)cc(-c5ccccc5)n4)c3)cc21. The van der Waals surface area contributed by atoms with Gasteiger partial charge in [0.05, 0.1) is 11.4 Å². The van der Waals surface area contributed by atoms with Gasteiger partial charge in [-0.15, -0.1) is 0 Å². The van der Waals surface area contributed by atoms with Gasteiger partial charge in [-0.1, -0.05) is 369 Å². The number of fused-ring (bicyclic) bond motifs is 6. The molecule has 0 aliphatic heterocycles. The van der Waals surface area contributed by atoms with Crippen LogP contribution in [0, 0.1) is 13.8 Å². The summed E-state index contributed by atoms with van der Waals surface area (Å²) < 4.78 is 0. The maximum Gasteiger partial charge on any atom is 0.160 e. The summed E-state index contributed by atoms with van der Waals surface area (Å²) in [7, 11) is 0. The van der Waals surface area contributed by atoms with Crippen molar-refractivity contribution in [3.8, 4) is 89.5 Å². The molecule has 2 aliphatic carbocycles. The number of rotatable bonds is 36. The largest absolute Gasteiger partial charge is 0.228 e. The number of hydrogen-bond donors (Lipinski definition) is 0. The van der Waals surface area contributed by atoms with Crippen molar-refractivity contribution in [1.82, 2.24) is 9.97 Å². The number of benzene rings is 9. The van der Waals surface area contributed by atoms with Crippen LogP contribution < -0.4 is 0 Å². The van der Waals surface area contributed by atoms with Crippen LogP contribution in [0.25, 0.3) is 102 Å². The molecule has 0 unspecified atom stereocenters. The summed E-state index contributed by atoms with van der Waals surface area (Å²) in [6, 6.07) is 79.3. The molecule has 0 amide bonds. The van der Waals surface area contributed by atoms with E-state index in [4.69, 9.17) is 9.97 Å². The van der Waals surface area contributed by atoms with Gasteiger partial charge in [0, 0.05) is 27.5 Å². The fourth-order valence-corrected chi connectivity index (χ4v) is 16.6. The second-order valence-corrected chi connectivity index (χ2v) is 29.4. The summed E-state index contributed by atoms with van der Waals surface area (Å²) in [5.74, 6) is 0.745. The molecule has 0 spiro atoms. The van der Waals surface area contributed by atoms with Gasteiger partial charge in [0.2, 0.25) is 0 Å². The van der Waals surface area contributed by atoms with E-state index in [1.807, 2.05) is 0 Å². The summed E-state index contributed by atoms with van der Waals surface area (Å²) in [6.07, 6.45) is 40.1. The van der Waals surface area contributed by atoms with Gasteiger partial charge < -0.3 is 0 Å². The molecule has 12 rings (SSSR count). The quantitative estimate of drug-likeness (QED) is 0.0289. The van der Waals surface area contributed by atoms with Crippen molar-refractivity contribution < 1.29 is 0 Å². The Bertz CT molecular complexity index is 4130. The lowest BCUT2D eigenvalue weighted by atomic mass is 9.69. The number of nitrogens with zero attached hydrogens (tertiary/aromatic N) is 2. The van der Waals surface area contributed by atoms with Crippen LogP contribution >= 0.6 is 0 Å². The molecular formula is C96H110N2. The van der Waals surface area contributed by atoms with Crippen molar-refractivity contribution >= 4 is 12.2 Å². The number of aromatic nitrogens is 2. The van der Waals surface area contributed by atoms with E-state index in [9.17, 15) is 0 Å². The summed E-state index contributed by atoms with van der Waals surface area (Å²) >= 11 is 0. The van der Waals surface area contributed by atoms with E-state index < -0.39 is 0 Å². The lowest BCUT2D eigenvalue weighted by molar-refractivity contribution is 0.398. The van der Waals surface area contributed by atoms with Crippen LogP contribution in [0.5, 0.6) is 0 Å². The molecule has 0 saturated carbocycles. The molecule has 98 heavy (non-hydrogen) atoms. The highest BCUT2D eigenvalue weighted by Crippen LogP contribution is 2.58. The molecule has 2 nitrogen and oxygen atoms in total. The molecule has 0 bridgehead atoms. The molecule has 2 aliphatic rings. The van der Waals surface area contributed by atoms with Gasteiger partial charge in [-0.25, -0.2) is 9.97 Å². The Morgan fingerprint density at radius 2 is 0.571 bits per heavy atom. The normalized spacial score (nSPS) is 13.2. The zero-order valence-electron chi connectivity index (χ0n) is 60.5. The number of unbranched alkanes of at least 4 members (excludes halogenated alkanes) is 20. The molecule has 0 N–H and O–H groups in total. The first-order valence-corrected chi connectivity index (χ1v) is 38.8. The lowest BCUT2D eigenvalue weighted by Gasteiger charge is -2.33. The van der Waals surface area contributed by atoms with Gasteiger partial charge in [0.25, 0.3) is 0 Å². The second kappa shape index (κ2) is 34.0. The first-order valence-electron chi connectivity index (χ1n) is 38.8. The Kier molecular flexibility index (Phi) is 24.2. The number of hydrogen-bond acceptors (Lipinski definition) is 2. The van der Waals surface area contributed by atoms with Gasteiger partial charge >= 0.3 is 0 Å². The summed E-state index contributed by atoms with van der Waals surface area (Å²) in [5.41, 5.74) is 29.3. The van der Waals surface area contributed by atoms with Crippen molar-refractivity contribution in [2.45, 2.75) is 232 Å². The third kappa shape index (κ3) is 16.4. The van der Waals surface area contributed by atoms with Crippen LogP contribution in [0.4, 0.5) is 0 Å². The predicted octanol–water partition coefficient (Wildman–Crippen LogP) is 28.8. The first kappa shape index (κ1) is 69.7. The molecule has 9 aromatic carbocycles. The van der Waals surface area contributed by atoms with Crippen LogP contribution in [0.1, 0.15) is 252 Å². The van der Waals surface area contributed by atoms with Crippen LogP contribution in [-0.2, 0) is 10.8 Å². The Hall–Kier alpha value is -8.20.